The first kappa shape index (κ1) is 11.8. The van der Waals surface area contributed by atoms with Gasteiger partial charge in [0.2, 0.25) is 5.91 Å². The molecular formula is C9H17BN2O4. The van der Waals surface area contributed by atoms with E-state index in [9.17, 15) is 9.90 Å². The fourth-order valence-electron chi connectivity index (χ4n) is 2.48. The first-order chi connectivity index (χ1) is 7.59. The van der Waals surface area contributed by atoms with Crippen molar-refractivity contribution in [2.24, 2.45) is 0 Å². The van der Waals surface area contributed by atoms with Gasteiger partial charge in [0.25, 0.3) is 0 Å². The summed E-state index contributed by atoms with van der Waals surface area (Å²) in [5, 5.41) is 30.6. The molecule has 0 aromatic carbocycles. The predicted molar refractivity (Wildman–Crippen MR) is 57.3 cm³/mol. The Morgan fingerprint density at radius 1 is 1.44 bits per heavy atom. The van der Waals surface area contributed by atoms with Crippen molar-refractivity contribution in [2.75, 3.05) is 13.1 Å². The highest BCUT2D eigenvalue weighted by Crippen LogP contribution is 2.21. The second-order valence-corrected chi connectivity index (χ2v) is 4.51. The topological polar surface area (TPSA) is 93.0 Å². The summed E-state index contributed by atoms with van der Waals surface area (Å²) < 4.78 is 0. The lowest BCUT2D eigenvalue weighted by molar-refractivity contribution is -0.133. The second-order valence-electron chi connectivity index (χ2n) is 4.51. The van der Waals surface area contributed by atoms with Gasteiger partial charge < -0.3 is 25.4 Å². The summed E-state index contributed by atoms with van der Waals surface area (Å²) >= 11 is 0. The van der Waals surface area contributed by atoms with E-state index in [0.29, 0.717) is 25.9 Å². The number of amides is 1. The zero-order chi connectivity index (χ0) is 11.7. The maximum absolute atomic E-state index is 12.0. The molecule has 16 heavy (non-hydrogen) atoms. The highest BCUT2D eigenvalue weighted by Gasteiger charge is 2.40. The van der Waals surface area contributed by atoms with Gasteiger partial charge in [0.15, 0.2) is 0 Å². The van der Waals surface area contributed by atoms with Crippen molar-refractivity contribution in [3.8, 4) is 0 Å². The largest absolute Gasteiger partial charge is 0.475 e. The van der Waals surface area contributed by atoms with Crippen molar-refractivity contribution in [1.82, 2.24) is 10.2 Å². The Labute approximate surface area is 94.4 Å². The summed E-state index contributed by atoms with van der Waals surface area (Å²) in [6, 6.07) is -0.380. The molecule has 1 amide bonds. The predicted octanol–water partition coefficient (Wildman–Crippen LogP) is -2.29. The summed E-state index contributed by atoms with van der Waals surface area (Å²) in [6.07, 6.45) is 1.35. The van der Waals surface area contributed by atoms with Crippen LogP contribution in [0.1, 0.15) is 19.3 Å². The minimum Gasteiger partial charge on any atom is -0.426 e. The molecule has 2 unspecified atom stereocenters. The number of β-amino-alcohol motifs (C(OH)–C–C–N with tert-alkyl or cyclic N) is 1. The molecule has 2 heterocycles. The monoisotopic (exact) mass is 228 g/mol. The molecule has 3 atom stereocenters. The van der Waals surface area contributed by atoms with E-state index < -0.39 is 19.2 Å². The van der Waals surface area contributed by atoms with Gasteiger partial charge in [-0.05, 0) is 19.3 Å². The molecule has 6 nitrogen and oxygen atoms in total. The highest BCUT2D eigenvalue weighted by molar-refractivity contribution is 6.43. The summed E-state index contributed by atoms with van der Waals surface area (Å²) in [6.45, 7) is 0.992. The molecule has 2 aliphatic heterocycles. The Balaban J connectivity index is 1.98. The molecule has 2 fully saturated rings. The number of hydrogen-bond acceptors (Lipinski definition) is 5. The Morgan fingerprint density at radius 3 is 2.75 bits per heavy atom. The van der Waals surface area contributed by atoms with Crippen LogP contribution in [0.25, 0.3) is 0 Å². The zero-order valence-corrected chi connectivity index (χ0v) is 9.04. The molecule has 0 radical (unpaired) electrons. The fourth-order valence-corrected chi connectivity index (χ4v) is 2.48. The van der Waals surface area contributed by atoms with E-state index in [4.69, 9.17) is 10.0 Å². The third-order valence-corrected chi connectivity index (χ3v) is 3.33. The van der Waals surface area contributed by atoms with E-state index in [-0.39, 0.29) is 11.9 Å². The molecule has 0 bridgehead atoms. The summed E-state index contributed by atoms with van der Waals surface area (Å²) in [5.41, 5.74) is 0. The molecule has 2 saturated heterocycles. The van der Waals surface area contributed by atoms with Crippen LogP contribution in [0, 0.1) is 0 Å². The van der Waals surface area contributed by atoms with Crippen LogP contribution in [0.15, 0.2) is 0 Å². The fraction of sp³-hybridized carbons (Fsp3) is 0.889. The van der Waals surface area contributed by atoms with Crippen LogP contribution < -0.4 is 5.32 Å². The van der Waals surface area contributed by atoms with Crippen molar-refractivity contribution in [3.63, 3.8) is 0 Å². The average molecular weight is 228 g/mol. The minimum atomic E-state index is -1.47. The zero-order valence-electron chi connectivity index (χ0n) is 9.04. The van der Waals surface area contributed by atoms with Gasteiger partial charge in [-0.2, -0.15) is 0 Å². The standard InChI is InChI=1S/C9H17BN2O4/c13-6-4-7(11-5-6)9(14)12-3-1-2-8(12)10(15)16/h6-8,11,13,15-16H,1-5H2/t6-,7?,8?/m1/s1. The molecule has 0 spiro atoms. The van der Waals surface area contributed by atoms with Gasteiger partial charge in [-0.3, -0.25) is 4.79 Å². The number of carbonyl (C=O) groups excluding carboxylic acids is 1. The van der Waals surface area contributed by atoms with Crippen LogP contribution in [0.2, 0.25) is 0 Å². The number of nitrogens with one attached hydrogen (secondary N) is 1. The van der Waals surface area contributed by atoms with Gasteiger partial charge in [0.1, 0.15) is 0 Å². The van der Waals surface area contributed by atoms with E-state index in [0.717, 1.165) is 6.42 Å². The Hall–Kier alpha value is -0.625. The SMILES string of the molecule is O=C(C1C[C@@H](O)CN1)N1CCCC1B(O)O. The molecular weight excluding hydrogens is 211 g/mol. The van der Waals surface area contributed by atoms with Crippen molar-refractivity contribution in [1.29, 1.82) is 0 Å². The number of nitrogens with zero attached hydrogens (tertiary/aromatic N) is 1. The molecule has 4 N–H and O–H groups in total. The van der Waals surface area contributed by atoms with Crippen LogP contribution in [-0.2, 0) is 4.79 Å². The first-order valence-corrected chi connectivity index (χ1v) is 5.67. The van der Waals surface area contributed by atoms with E-state index in [2.05, 4.69) is 5.32 Å². The Bertz CT molecular complexity index is 276. The smallest absolute Gasteiger partial charge is 0.426 e. The molecule has 0 saturated carbocycles. The van der Waals surface area contributed by atoms with Crippen molar-refractivity contribution >= 4 is 13.0 Å². The van der Waals surface area contributed by atoms with Crippen LogP contribution in [0.3, 0.4) is 0 Å². The van der Waals surface area contributed by atoms with Gasteiger partial charge in [-0.15, -0.1) is 0 Å². The molecule has 7 heteroatoms. The maximum atomic E-state index is 12.0. The van der Waals surface area contributed by atoms with Crippen LogP contribution in [0.5, 0.6) is 0 Å². The van der Waals surface area contributed by atoms with Crippen LogP contribution in [0.4, 0.5) is 0 Å². The normalized spacial score (nSPS) is 34.4. The lowest BCUT2D eigenvalue weighted by Crippen LogP contribution is -2.51. The summed E-state index contributed by atoms with van der Waals surface area (Å²) in [5.74, 6) is -0.626. The number of rotatable bonds is 2. The molecule has 0 aromatic heterocycles. The molecule has 0 aliphatic carbocycles. The van der Waals surface area contributed by atoms with E-state index in [1.165, 1.54) is 4.90 Å². The summed E-state index contributed by atoms with van der Waals surface area (Å²) in [4.78, 5) is 13.6. The lowest BCUT2D eigenvalue weighted by atomic mass is 9.77. The number of aliphatic hydroxyl groups excluding tert-OH is 1. The van der Waals surface area contributed by atoms with Crippen molar-refractivity contribution < 1.29 is 19.9 Å². The highest BCUT2D eigenvalue weighted by atomic mass is 16.4. The number of carbonyl (C=O) groups is 1. The van der Waals surface area contributed by atoms with Gasteiger partial charge in [-0.25, -0.2) is 0 Å². The van der Waals surface area contributed by atoms with E-state index in [1.54, 1.807) is 0 Å². The number of hydrogen-bond donors (Lipinski definition) is 4. The first-order valence-electron chi connectivity index (χ1n) is 5.67. The van der Waals surface area contributed by atoms with Gasteiger partial charge >= 0.3 is 7.12 Å². The maximum Gasteiger partial charge on any atom is 0.475 e. The number of likely N-dealkylation sites (tertiary alicyclic amines) is 1. The van der Waals surface area contributed by atoms with Crippen molar-refractivity contribution in [3.05, 3.63) is 0 Å². The average Bonchev–Trinajstić information content (AvgIpc) is 2.84. The lowest BCUT2D eigenvalue weighted by Gasteiger charge is -2.26. The van der Waals surface area contributed by atoms with Gasteiger partial charge in [0, 0.05) is 13.1 Å². The van der Waals surface area contributed by atoms with Crippen molar-refractivity contribution in [2.45, 2.75) is 37.3 Å². The van der Waals surface area contributed by atoms with Crippen LogP contribution >= 0.6 is 0 Å². The van der Waals surface area contributed by atoms with E-state index in [1.807, 2.05) is 0 Å². The third kappa shape index (κ3) is 2.22. The van der Waals surface area contributed by atoms with E-state index >= 15 is 0 Å². The van der Waals surface area contributed by atoms with Gasteiger partial charge in [-0.1, -0.05) is 0 Å². The summed E-state index contributed by atoms with van der Waals surface area (Å²) in [7, 11) is -1.47. The van der Waals surface area contributed by atoms with Gasteiger partial charge in [0.05, 0.1) is 18.1 Å². The molecule has 0 aromatic rings. The molecule has 90 valence electrons. The minimum absolute atomic E-state index is 0.132. The third-order valence-electron chi connectivity index (χ3n) is 3.33. The van der Waals surface area contributed by atoms with Crippen LogP contribution in [-0.4, -0.2) is 64.3 Å². The quantitative estimate of drug-likeness (QED) is 0.399. The molecule has 2 aliphatic rings. The molecule has 2 rings (SSSR count). The Morgan fingerprint density at radius 2 is 2.19 bits per heavy atom. The number of aliphatic hydroxyl groups is 1. The second kappa shape index (κ2) is 4.71. The Kier molecular flexibility index (Phi) is 3.49.